The minimum absolute atomic E-state index is 0.298. The molecule has 17 heavy (non-hydrogen) atoms. The van der Waals surface area contributed by atoms with Crippen LogP contribution in [0.3, 0.4) is 0 Å². The van der Waals surface area contributed by atoms with Crippen LogP contribution in [0.15, 0.2) is 24.3 Å². The van der Waals surface area contributed by atoms with Crippen molar-refractivity contribution in [3.05, 3.63) is 35.4 Å². The Kier molecular flexibility index (Phi) is 5.30. The van der Waals surface area contributed by atoms with Gasteiger partial charge in [-0.3, -0.25) is 0 Å². The number of hydrogen-bond donors (Lipinski definition) is 2. The van der Waals surface area contributed by atoms with Crippen LogP contribution >= 0.6 is 11.8 Å². The van der Waals surface area contributed by atoms with E-state index in [1.54, 1.807) is 6.07 Å². The largest absolute Gasteiger partial charge is 0.416 e. The van der Waals surface area contributed by atoms with Crippen molar-refractivity contribution in [3.63, 3.8) is 0 Å². The molecular weight excluding hydrogens is 253 g/mol. The van der Waals surface area contributed by atoms with Gasteiger partial charge in [0.1, 0.15) is 0 Å². The number of thioether (sulfide) groups is 1. The van der Waals surface area contributed by atoms with E-state index >= 15 is 0 Å². The van der Waals surface area contributed by atoms with Gasteiger partial charge in [-0.25, -0.2) is 0 Å². The van der Waals surface area contributed by atoms with Gasteiger partial charge >= 0.3 is 6.18 Å². The summed E-state index contributed by atoms with van der Waals surface area (Å²) in [4.78, 5) is 0. The molecule has 0 spiro atoms. The zero-order valence-electron chi connectivity index (χ0n) is 8.94. The van der Waals surface area contributed by atoms with Gasteiger partial charge < -0.3 is 10.2 Å². The number of benzene rings is 1. The van der Waals surface area contributed by atoms with Gasteiger partial charge in [0.15, 0.2) is 0 Å². The number of aliphatic hydroxyl groups is 2. The predicted octanol–water partition coefficient (Wildman–Crippen LogP) is 2.29. The summed E-state index contributed by atoms with van der Waals surface area (Å²) in [7, 11) is 0. The Balaban J connectivity index is 2.55. The molecule has 0 amide bonds. The monoisotopic (exact) mass is 266 g/mol. The summed E-state index contributed by atoms with van der Waals surface area (Å²) < 4.78 is 37.2. The third-order valence-corrected chi connectivity index (χ3v) is 3.20. The second kappa shape index (κ2) is 6.28. The Bertz CT molecular complexity index is 355. The molecule has 1 aromatic carbocycles. The lowest BCUT2D eigenvalue weighted by Crippen LogP contribution is -2.14. The first-order valence-corrected chi connectivity index (χ1v) is 6.11. The van der Waals surface area contributed by atoms with Gasteiger partial charge in [0.2, 0.25) is 0 Å². The van der Waals surface area contributed by atoms with E-state index in [0.717, 1.165) is 12.1 Å². The average molecular weight is 266 g/mol. The van der Waals surface area contributed by atoms with Crippen molar-refractivity contribution >= 4 is 11.8 Å². The lowest BCUT2D eigenvalue weighted by molar-refractivity contribution is -0.137. The maximum atomic E-state index is 12.4. The van der Waals surface area contributed by atoms with Crippen LogP contribution in [0.1, 0.15) is 11.1 Å². The minimum Gasteiger partial charge on any atom is -0.394 e. The van der Waals surface area contributed by atoms with Gasteiger partial charge in [0.05, 0.1) is 18.3 Å². The van der Waals surface area contributed by atoms with E-state index in [2.05, 4.69) is 0 Å². The standard InChI is InChI=1S/C11H13F3O2S/c12-11(13,14)9-3-1-2-8(4-9)6-17-7-10(16)5-15/h1-4,10,15-16H,5-7H2. The van der Waals surface area contributed by atoms with Crippen LogP contribution in [0, 0.1) is 0 Å². The van der Waals surface area contributed by atoms with Gasteiger partial charge in [0.25, 0.3) is 0 Å². The van der Waals surface area contributed by atoms with E-state index in [-0.39, 0.29) is 6.61 Å². The van der Waals surface area contributed by atoms with Crippen LogP contribution in [0.25, 0.3) is 0 Å². The van der Waals surface area contributed by atoms with Gasteiger partial charge in [-0.1, -0.05) is 18.2 Å². The normalized spacial score (nSPS) is 13.7. The molecular formula is C11H13F3O2S. The van der Waals surface area contributed by atoms with Gasteiger partial charge in [-0.15, -0.1) is 0 Å². The Morgan fingerprint density at radius 1 is 1.29 bits per heavy atom. The quantitative estimate of drug-likeness (QED) is 0.859. The van der Waals surface area contributed by atoms with Crippen molar-refractivity contribution < 1.29 is 23.4 Å². The molecule has 0 radical (unpaired) electrons. The Morgan fingerprint density at radius 3 is 2.59 bits per heavy atom. The number of halogens is 3. The second-order valence-electron chi connectivity index (χ2n) is 3.55. The molecule has 0 fully saturated rings. The molecule has 6 heteroatoms. The first-order valence-electron chi connectivity index (χ1n) is 4.96. The van der Waals surface area contributed by atoms with Crippen molar-refractivity contribution in [2.24, 2.45) is 0 Å². The highest BCUT2D eigenvalue weighted by molar-refractivity contribution is 7.98. The topological polar surface area (TPSA) is 40.5 Å². The summed E-state index contributed by atoms with van der Waals surface area (Å²) in [5, 5.41) is 17.6. The third-order valence-electron chi connectivity index (χ3n) is 2.04. The van der Waals surface area contributed by atoms with E-state index in [1.165, 1.54) is 17.8 Å². The highest BCUT2D eigenvalue weighted by Crippen LogP contribution is 2.30. The van der Waals surface area contributed by atoms with Crippen molar-refractivity contribution in [1.29, 1.82) is 0 Å². The van der Waals surface area contributed by atoms with Crippen LogP contribution in [0.4, 0.5) is 13.2 Å². The number of rotatable bonds is 5. The molecule has 0 aliphatic rings. The van der Waals surface area contributed by atoms with Gasteiger partial charge in [-0.2, -0.15) is 24.9 Å². The van der Waals surface area contributed by atoms with E-state index in [9.17, 15) is 13.2 Å². The first-order chi connectivity index (χ1) is 7.93. The molecule has 0 heterocycles. The summed E-state index contributed by atoms with van der Waals surface area (Å²) >= 11 is 1.28. The Morgan fingerprint density at radius 2 is 2.00 bits per heavy atom. The molecule has 2 N–H and O–H groups in total. The molecule has 1 rings (SSSR count). The van der Waals surface area contributed by atoms with Crippen LogP contribution in [-0.2, 0) is 11.9 Å². The maximum Gasteiger partial charge on any atom is 0.416 e. The van der Waals surface area contributed by atoms with Crippen molar-refractivity contribution in [2.75, 3.05) is 12.4 Å². The van der Waals surface area contributed by atoms with Crippen LogP contribution < -0.4 is 0 Å². The molecule has 96 valence electrons. The summed E-state index contributed by atoms with van der Waals surface area (Å²) in [6.45, 7) is -0.338. The molecule has 0 saturated carbocycles. The molecule has 0 aliphatic carbocycles. The molecule has 1 aromatic rings. The molecule has 0 saturated heterocycles. The predicted molar refractivity (Wildman–Crippen MR) is 60.7 cm³/mol. The third kappa shape index (κ3) is 4.97. The van der Waals surface area contributed by atoms with Crippen molar-refractivity contribution in [2.45, 2.75) is 18.0 Å². The number of hydrogen-bond acceptors (Lipinski definition) is 3. The lowest BCUT2D eigenvalue weighted by atomic mass is 10.1. The van der Waals surface area contributed by atoms with Crippen LogP contribution in [-0.4, -0.2) is 28.7 Å². The second-order valence-corrected chi connectivity index (χ2v) is 4.58. The first kappa shape index (κ1) is 14.3. The zero-order valence-corrected chi connectivity index (χ0v) is 9.76. The fraction of sp³-hybridized carbons (Fsp3) is 0.455. The summed E-state index contributed by atoms with van der Waals surface area (Å²) in [6, 6.07) is 5.09. The highest BCUT2D eigenvalue weighted by Gasteiger charge is 2.30. The maximum absolute atomic E-state index is 12.4. The van der Waals surface area contributed by atoms with Gasteiger partial charge in [0, 0.05) is 11.5 Å². The van der Waals surface area contributed by atoms with E-state index in [0.29, 0.717) is 17.1 Å². The highest BCUT2D eigenvalue weighted by atomic mass is 32.2. The SMILES string of the molecule is OCC(O)CSCc1cccc(C(F)(F)F)c1. The summed E-state index contributed by atoms with van der Waals surface area (Å²) in [6.07, 6.45) is -5.16. The van der Waals surface area contributed by atoms with Crippen LogP contribution in [0.2, 0.25) is 0 Å². The smallest absolute Gasteiger partial charge is 0.394 e. The molecule has 0 bridgehead atoms. The molecule has 2 nitrogen and oxygen atoms in total. The fourth-order valence-electron chi connectivity index (χ4n) is 1.20. The fourth-order valence-corrected chi connectivity index (χ4v) is 2.11. The summed E-state index contributed by atoms with van der Waals surface area (Å²) in [5.74, 6) is 0.674. The van der Waals surface area contributed by atoms with E-state index < -0.39 is 17.8 Å². The summed E-state index contributed by atoms with van der Waals surface area (Å²) in [5.41, 5.74) is -0.117. The minimum atomic E-state index is -4.33. The molecule has 1 unspecified atom stereocenters. The molecule has 0 aromatic heterocycles. The lowest BCUT2D eigenvalue weighted by Gasteiger charge is -2.09. The van der Waals surface area contributed by atoms with Crippen molar-refractivity contribution in [1.82, 2.24) is 0 Å². The molecule has 0 aliphatic heterocycles. The van der Waals surface area contributed by atoms with Crippen LogP contribution in [0.5, 0.6) is 0 Å². The molecule has 1 atom stereocenters. The van der Waals surface area contributed by atoms with E-state index in [1.807, 2.05) is 0 Å². The average Bonchev–Trinajstić information content (AvgIpc) is 2.28. The van der Waals surface area contributed by atoms with Gasteiger partial charge in [-0.05, 0) is 11.6 Å². The Labute approximate surface area is 101 Å². The number of aliphatic hydroxyl groups excluding tert-OH is 2. The van der Waals surface area contributed by atoms with Crippen molar-refractivity contribution in [3.8, 4) is 0 Å². The zero-order chi connectivity index (χ0) is 12.9. The number of alkyl halides is 3. The Hall–Kier alpha value is -0.720. The van der Waals surface area contributed by atoms with E-state index in [4.69, 9.17) is 10.2 Å².